The van der Waals surface area contributed by atoms with Crippen LogP contribution in [0, 0.1) is 5.21 Å². The first-order valence-corrected chi connectivity index (χ1v) is 5.20. The van der Waals surface area contributed by atoms with Crippen LogP contribution >= 0.6 is 0 Å². The quantitative estimate of drug-likeness (QED) is 0.324. The molecule has 0 spiro atoms. The van der Waals surface area contributed by atoms with Gasteiger partial charge in [0.25, 0.3) is 0 Å². The molecule has 16 heavy (non-hydrogen) atoms. The standard InChI is InChI=1S/C14H13NO/c1-12(13-8-4-2-5-9-13)15(16)14-10-6-3-7-11-14/h2-11H,1H3/b15-12-. The van der Waals surface area contributed by atoms with Crippen LogP contribution in [-0.4, -0.2) is 10.5 Å². The van der Waals surface area contributed by atoms with Gasteiger partial charge in [0, 0.05) is 24.6 Å². The number of hydrogen-bond acceptors (Lipinski definition) is 1. The maximum absolute atomic E-state index is 12.0. The highest BCUT2D eigenvalue weighted by atomic mass is 16.5. The van der Waals surface area contributed by atoms with Gasteiger partial charge < -0.3 is 5.21 Å². The van der Waals surface area contributed by atoms with Gasteiger partial charge in [-0.2, -0.15) is 4.74 Å². The molecule has 0 aromatic heterocycles. The van der Waals surface area contributed by atoms with Gasteiger partial charge in [0.15, 0.2) is 5.71 Å². The highest BCUT2D eigenvalue weighted by molar-refractivity contribution is 5.95. The molecule has 80 valence electrons. The summed E-state index contributed by atoms with van der Waals surface area (Å²) >= 11 is 0. The van der Waals surface area contributed by atoms with E-state index in [2.05, 4.69) is 0 Å². The number of nitrogens with zero attached hydrogens (tertiary/aromatic N) is 1. The minimum absolute atomic E-state index is 0.656. The van der Waals surface area contributed by atoms with Gasteiger partial charge >= 0.3 is 0 Å². The fourth-order valence-corrected chi connectivity index (χ4v) is 1.55. The zero-order valence-corrected chi connectivity index (χ0v) is 9.13. The molecule has 0 saturated heterocycles. The van der Waals surface area contributed by atoms with Crippen molar-refractivity contribution in [3.63, 3.8) is 0 Å². The van der Waals surface area contributed by atoms with E-state index in [-0.39, 0.29) is 0 Å². The first kappa shape index (κ1) is 10.4. The third-order valence-corrected chi connectivity index (χ3v) is 2.49. The van der Waals surface area contributed by atoms with Crippen molar-refractivity contribution >= 4 is 11.4 Å². The van der Waals surface area contributed by atoms with Crippen LogP contribution < -0.4 is 0 Å². The third kappa shape index (κ3) is 2.11. The summed E-state index contributed by atoms with van der Waals surface area (Å²) in [5, 5.41) is 12.0. The van der Waals surface area contributed by atoms with Gasteiger partial charge in [0.1, 0.15) is 0 Å². The van der Waals surface area contributed by atoms with E-state index in [1.165, 1.54) is 0 Å². The first-order valence-electron chi connectivity index (χ1n) is 5.20. The van der Waals surface area contributed by atoms with Crippen LogP contribution in [0.1, 0.15) is 12.5 Å². The Morgan fingerprint density at radius 3 is 1.94 bits per heavy atom. The van der Waals surface area contributed by atoms with Gasteiger partial charge in [-0.15, -0.1) is 0 Å². The molecule has 0 bridgehead atoms. The summed E-state index contributed by atoms with van der Waals surface area (Å²) in [6, 6.07) is 18.9. The predicted molar refractivity (Wildman–Crippen MR) is 66.0 cm³/mol. The van der Waals surface area contributed by atoms with Crippen molar-refractivity contribution in [3.8, 4) is 0 Å². The number of benzene rings is 2. The lowest BCUT2D eigenvalue weighted by Crippen LogP contribution is -2.08. The van der Waals surface area contributed by atoms with Crippen LogP contribution in [0.4, 0.5) is 5.69 Å². The molecule has 2 heteroatoms. The van der Waals surface area contributed by atoms with Crippen LogP contribution in [-0.2, 0) is 0 Å². The van der Waals surface area contributed by atoms with E-state index in [4.69, 9.17) is 0 Å². The molecule has 0 N–H and O–H groups in total. The fraction of sp³-hybridized carbons (Fsp3) is 0.0714. The topological polar surface area (TPSA) is 26.1 Å². The van der Waals surface area contributed by atoms with Crippen molar-refractivity contribution < 1.29 is 4.74 Å². The lowest BCUT2D eigenvalue weighted by molar-refractivity contribution is -0.360. The maximum Gasteiger partial charge on any atom is 0.216 e. The summed E-state index contributed by atoms with van der Waals surface area (Å²) in [5.41, 5.74) is 2.30. The van der Waals surface area contributed by atoms with E-state index < -0.39 is 0 Å². The monoisotopic (exact) mass is 211 g/mol. The Kier molecular flexibility index (Phi) is 3.01. The molecule has 0 aliphatic rings. The zero-order chi connectivity index (χ0) is 11.4. The smallest absolute Gasteiger partial charge is 0.216 e. The second-order valence-corrected chi connectivity index (χ2v) is 3.58. The third-order valence-electron chi connectivity index (χ3n) is 2.49. The van der Waals surface area contributed by atoms with Crippen molar-refractivity contribution in [2.45, 2.75) is 6.92 Å². The molecule has 0 radical (unpaired) electrons. The number of hydrogen-bond donors (Lipinski definition) is 0. The van der Waals surface area contributed by atoms with Gasteiger partial charge in [-0.05, 0) is 12.1 Å². The van der Waals surface area contributed by atoms with Gasteiger partial charge in [-0.3, -0.25) is 0 Å². The van der Waals surface area contributed by atoms with E-state index >= 15 is 0 Å². The molecule has 0 fully saturated rings. The van der Waals surface area contributed by atoms with E-state index in [0.717, 1.165) is 10.3 Å². The van der Waals surface area contributed by atoms with Crippen molar-refractivity contribution in [2.75, 3.05) is 0 Å². The van der Waals surface area contributed by atoms with Gasteiger partial charge in [0.05, 0.1) is 0 Å². The Morgan fingerprint density at radius 2 is 1.38 bits per heavy atom. The van der Waals surface area contributed by atoms with Crippen molar-refractivity contribution in [1.29, 1.82) is 0 Å². The van der Waals surface area contributed by atoms with Gasteiger partial charge in [-0.1, -0.05) is 36.4 Å². The summed E-state index contributed by atoms with van der Waals surface area (Å²) in [7, 11) is 0. The lowest BCUT2D eigenvalue weighted by atomic mass is 10.1. The number of para-hydroxylation sites is 1. The Balaban J connectivity index is 2.43. The molecular weight excluding hydrogens is 198 g/mol. The summed E-state index contributed by atoms with van der Waals surface area (Å²) in [4.78, 5) is 0. The molecule has 0 heterocycles. The van der Waals surface area contributed by atoms with Crippen LogP contribution in [0.5, 0.6) is 0 Å². The second kappa shape index (κ2) is 4.62. The Bertz CT molecular complexity index is 441. The Hall–Kier alpha value is -2.09. The largest absolute Gasteiger partial charge is 0.618 e. The molecule has 0 amide bonds. The molecule has 0 unspecified atom stereocenters. The summed E-state index contributed by atoms with van der Waals surface area (Å²) in [6.07, 6.45) is 0. The highest BCUT2D eigenvalue weighted by Crippen LogP contribution is 2.12. The minimum atomic E-state index is 0.656. The summed E-state index contributed by atoms with van der Waals surface area (Å²) in [5.74, 6) is 0. The lowest BCUT2D eigenvalue weighted by Gasteiger charge is -2.07. The molecule has 0 saturated carbocycles. The summed E-state index contributed by atoms with van der Waals surface area (Å²) in [6.45, 7) is 1.83. The minimum Gasteiger partial charge on any atom is -0.618 e. The van der Waals surface area contributed by atoms with E-state index in [0.29, 0.717) is 11.4 Å². The molecule has 0 atom stereocenters. The molecule has 0 aliphatic carbocycles. The molecule has 2 rings (SSSR count). The zero-order valence-electron chi connectivity index (χ0n) is 9.13. The number of rotatable bonds is 2. The van der Waals surface area contributed by atoms with Crippen LogP contribution in [0.15, 0.2) is 60.7 Å². The van der Waals surface area contributed by atoms with Crippen LogP contribution in [0.3, 0.4) is 0 Å². The van der Waals surface area contributed by atoms with Gasteiger partial charge in [-0.25, -0.2) is 0 Å². The highest BCUT2D eigenvalue weighted by Gasteiger charge is 2.08. The predicted octanol–water partition coefficient (Wildman–Crippen LogP) is 3.34. The molecule has 2 nitrogen and oxygen atoms in total. The second-order valence-electron chi connectivity index (χ2n) is 3.58. The average molecular weight is 211 g/mol. The van der Waals surface area contributed by atoms with Gasteiger partial charge in [0.2, 0.25) is 5.69 Å². The normalized spacial score (nSPS) is 12.1. The maximum atomic E-state index is 12.0. The average Bonchev–Trinajstić information content (AvgIpc) is 2.39. The Morgan fingerprint density at radius 1 is 0.875 bits per heavy atom. The SMILES string of the molecule is C/C(c1ccccc1)=[N+](/[O-])c1ccccc1. The van der Waals surface area contributed by atoms with Crippen molar-refractivity contribution in [1.82, 2.24) is 0 Å². The van der Waals surface area contributed by atoms with E-state index in [1.54, 1.807) is 12.1 Å². The fourth-order valence-electron chi connectivity index (χ4n) is 1.55. The molecular formula is C14H13NO. The van der Waals surface area contributed by atoms with Crippen LogP contribution in [0.2, 0.25) is 0 Å². The summed E-state index contributed by atoms with van der Waals surface area (Å²) < 4.78 is 0.954. The van der Waals surface area contributed by atoms with Crippen molar-refractivity contribution in [2.24, 2.45) is 0 Å². The Labute approximate surface area is 95.1 Å². The molecule has 0 aliphatic heterocycles. The van der Waals surface area contributed by atoms with E-state index in [1.807, 2.05) is 55.5 Å². The van der Waals surface area contributed by atoms with E-state index in [9.17, 15) is 5.21 Å². The molecule has 2 aromatic rings. The molecule has 2 aromatic carbocycles. The van der Waals surface area contributed by atoms with Crippen molar-refractivity contribution in [3.05, 3.63) is 71.4 Å². The first-order chi connectivity index (χ1) is 7.79. The van der Waals surface area contributed by atoms with Crippen LogP contribution in [0.25, 0.3) is 0 Å².